The number of likely N-dealkylation sites (tertiary alicyclic amines) is 2. The molecule has 4 aliphatic heterocycles. The van der Waals surface area contributed by atoms with Crippen molar-refractivity contribution in [1.29, 1.82) is 5.26 Å². The van der Waals surface area contributed by atoms with Crippen LogP contribution < -0.4 is 0 Å². The summed E-state index contributed by atoms with van der Waals surface area (Å²) in [5, 5.41) is 7.66. The summed E-state index contributed by atoms with van der Waals surface area (Å²) >= 11 is 0. The molecule has 0 unspecified atom stereocenters. The lowest BCUT2D eigenvalue weighted by Crippen LogP contribution is -2.42. The molecule has 3 aromatic rings. The topological polar surface area (TPSA) is 162 Å². The third kappa shape index (κ3) is 100. The van der Waals surface area contributed by atoms with Gasteiger partial charge in [-0.2, -0.15) is 18.4 Å². The number of alkyl halides is 6. The van der Waals surface area contributed by atoms with E-state index in [-0.39, 0.29) is 34.4 Å². The Hall–Kier alpha value is -6.63. The second kappa shape index (κ2) is 88.5. The van der Waals surface area contributed by atoms with E-state index in [2.05, 4.69) is 314 Å². The Bertz CT molecular complexity index is 4230. The molecular formula is C127H218F6N4O11S. The molecule has 0 radical (unpaired) electrons. The molecule has 0 bridgehead atoms. The van der Waals surface area contributed by atoms with Crippen molar-refractivity contribution in [2.45, 2.75) is 443 Å². The highest BCUT2D eigenvalue weighted by molar-refractivity contribution is 7.91. The minimum atomic E-state index is -4.48. The maximum atomic E-state index is 11.2. The fourth-order valence-corrected chi connectivity index (χ4v) is 11.9. The van der Waals surface area contributed by atoms with Crippen molar-refractivity contribution in [1.82, 2.24) is 14.7 Å². The van der Waals surface area contributed by atoms with E-state index in [0.29, 0.717) is 95.1 Å². The second-order valence-electron chi connectivity index (χ2n) is 45.1. The van der Waals surface area contributed by atoms with Gasteiger partial charge in [0.25, 0.3) is 0 Å². The first-order chi connectivity index (χ1) is 69.0. The summed E-state index contributed by atoms with van der Waals surface area (Å²) in [5.41, 5.74) is 5.54. The van der Waals surface area contributed by atoms with Crippen molar-refractivity contribution >= 4 is 15.6 Å². The van der Waals surface area contributed by atoms with Gasteiger partial charge in [0.1, 0.15) is 15.6 Å². The number of hydrogen-bond acceptors (Lipinski definition) is 15. The zero-order chi connectivity index (χ0) is 116. The minimum Gasteiger partial charge on any atom is -0.472 e. The SMILES string of the molecule is CC(=O)C(C)C.CC(C)C#CC(F)(F)F.CC(C)C#CC1CC1.CC(C)C#CC1CCC1.CC(C)C#CC1CCCC1.CC(C)C#CC1CN(C)C1.CC(C)C#CC1COC1.CC(C)C#N.CC(C)N(C)C.CC(C)N1CCCC1.CC(C)OC(F)(F)F.CC(C)OC1CC1.CC(C)S(C)(=O)=O.CC(C)c1cccc(-c2ccoc2)c1.CC(C)c1ccccc1.COC(C)C.COC1(C(C)C)CC1.COC1(C(C)C)CCOCC1. The largest absolute Gasteiger partial charge is 0.522 e. The molecule has 149 heavy (non-hydrogen) atoms. The van der Waals surface area contributed by atoms with Gasteiger partial charge in [-0.1, -0.05) is 262 Å². The Kier molecular flexibility index (Phi) is 90.9. The average Bonchev–Trinajstić information content (AvgIpc) is 1.64. The molecule has 15 nitrogen and oxygen atoms in total. The third-order valence-corrected chi connectivity index (χ3v) is 25.4. The Morgan fingerprint density at radius 1 is 0.470 bits per heavy atom. The lowest BCUT2D eigenvalue weighted by atomic mass is 9.83. The number of sulfone groups is 1. The number of halogens is 6. The minimum absolute atomic E-state index is 0.0955. The molecular weight excluding hydrogens is 1900 g/mol. The number of rotatable bonds is 15. The fourth-order valence-electron chi connectivity index (χ4n) is 11.9. The number of ketones is 1. The van der Waals surface area contributed by atoms with Crippen LogP contribution in [-0.4, -0.2) is 196 Å². The van der Waals surface area contributed by atoms with Crippen LogP contribution in [0.4, 0.5) is 26.3 Å². The van der Waals surface area contributed by atoms with Crippen LogP contribution in [0.5, 0.6) is 0 Å². The highest BCUT2D eigenvalue weighted by atomic mass is 32.2. The van der Waals surface area contributed by atoms with Gasteiger partial charge in [-0.3, -0.25) is 9.53 Å². The smallest absolute Gasteiger partial charge is 0.472 e. The molecule has 5 heterocycles. The summed E-state index contributed by atoms with van der Waals surface area (Å²) in [4.78, 5) is 17.1. The summed E-state index contributed by atoms with van der Waals surface area (Å²) in [7, 11) is 8.86. The molecule has 0 N–H and O–H groups in total. The summed E-state index contributed by atoms with van der Waals surface area (Å²) < 4.78 is 127. The van der Waals surface area contributed by atoms with Gasteiger partial charge < -0.3 is 47.5 Å². The van der Waals surface area contributed by atoms with E-state index in [4.69, 9.17) is 38.1 Å². The average molecular weight is 2120 g/mol. The maximum Gasteiger partial charge on any atom is 0.522 e. The fraction of sp³-hybridized carbons (Fsp3) is 0.764. The van der Waals surface area contributed by atoms with Crippen molar-refractivity contribution in [3.05, 3.63) is 84.3 Å². The summed E-state index contributed by atoms with van der Waals surface area (Å²) in [5.74, 6) is 44.4. The van der Waals surface area contributed by atoms with Crippen molar-refractivity contribution < 1.29 is 77.1 Å². The number of furan rings is 1. The first-order valence-electron chi connectivity index (χ1n) is 55.7. The molecule has 1 aromatic heterocycles. The van der Waals surface area contributed by atoms with Crippen LogP contribution in [0.15, 0.2) is 77.6 Å². The van der Waals surface area contributed by atoms with Crippen LogP contribution in [0, 0.1) is 171 Å². The lowest BCUT2D eigenvalue weighted by molar-refractivity contribution is -0.338. The molecule has 5 saturated carbocycles. The molecule has 4 saturated heterocycles. The summed E-state index contributed by atoms with van der Waals surface area (Å²) in [6.45, 7) is 82.8. The Morgan fingerprint density at radius 3 is 1.04 bits per heavy atom. The molecule has 5 aliphatic carbocycles. The summed E-state index contributed by atoms with van der Waals surface area (Å²) in [6, 6.07) is 24.6. The normalized spacial score (nSPS) is 16.1. The highest BCUT2D eigenvalue weighted by Crippen LogP contribution is 2.45. The highest BCUT2D eigenvalue weighted by Gasteiger charge is 2.45. The van der Waals surface area contributed by atoms with Crippen LogP contribution in [0.2, 0.25) is 0 Å². The molecule has 0 amide bonds. The van der Waals surface area contributed by atoms with E-state index in [1.54, 1.807) is 54.3 Å². The number of methoxy groups -OCH3 is 3. The van der Waals surface area contributed by atoms with Crippen molar-refractivity contribution in [2.24, 2.45) is 88.8 Å². The van der Waals surface area contributed by atoms with Crippen molar-refractivity contribution in [2.75, 3.05) is 101 Å². The van der Waals surface area contributed by atoms with Gasteiger partial charge in [0.15, 0.2) is 0 Å². The third-order valence-electron chi connectivity index (χ3n) is 23.7. The molecule has 0 atom stereocenters. The first-order valence-corrected chi connectivity index (χ1v) is 57.7. The van der Waals surface area contributed by atoms with Gasteiger partial charge in [0.05, 0.1) is 78.6 Å². The number of ether oxygens (including phenoxy) is 7. The van der Waals surface area contributed by atoms with Gasteiger partial charge in [0.2, 0.25) is 0 Å². The number of Topliss-reactive ketones (excluding diaryl/α,β-unsaturated/α-hetero) is 1. The molecule has 22 heteroatoms. The van der Waals surface area contributed by atoms with E-state index in [9.17, 15) is 39.6 Å². The van der Waals surface area contributed by atoms with Crippen LogP contribution in [0.25, 0.3) is 11.1 Å². The van der Waals surface area contributed by atoms with E-state index >= 15 is 0 Å². The summed E-state index contributed by atoms with van der Waals surface area (Å²) in [6.07, 6.45) is 18.9. The maximum absolute atomic E-state index is 11.2. The van der Waals surface area contributed by atoms with E-state index in [1.165, 1.54) is 165 Å². The second-order valence-corrected chi connectivity index (χ2v) is 47.7. The zero-order valence-corrected chi connectivity index (χ0v) is 103. The molecule has 2 aromatic carbocycles. The number of carbonyl (C=O) groups excluding carboxylic acids is 1. The standard InChI is InChI=1S/C13H14O.C10H16.C9H15N.C9H18O2.C9H14.C9H12.C8H12O.C8H12.C7H15N.C7H14O.C6H7F3.C6H12O.C5H13N.C5H10O.C4H7F3O.C4H7N.C4H10O2S.C4H10O/c1-10(2)11-4-3-5-12(8-11)13-6-7-14-9-13;1-9(2)7-8-10-5-3-4-6-10;1-8(2)4-5-9-6-10(3)7-9;1-8(2)9(10-3)4-6-11-7-5-9;1-8(2)6-7-9-4-3-5-9;1-8(2)9-6-4-3-5-7-9;1-7(2)3-4-8-5-9-6-8;1-7(2)3-4-8-5-6-8;1-7(2)8-5-3-4-6-8;1-6(2)7(8-3)4-5-7;1-5(2)3-4-6(7,8)9;1-5(2)7-6-3-4-6;1-5(2)6(3)4;1-4(2)5(3)6;1-3(2)8-4(5,6)7;1-4(2)3-5;1-4(2)7(3,5)6;1-4(2)5-3/h3-10H,1-2H3;9-10H,3-6H2,1-2H3;8-9H,6-7H2,1-3H3;8H,4-7H2,1-3H3;8-9H,3-5H2,1-2H3;3-8H,1-2H3;7-8H,5-6H2,1-2H3;7-8H,5-6H2,1-2H3;7H,3-6H2,1-2H3;6H,4-5H2,1-3H3;5H,1-2H3;5-6H,3-4H2,1-2H3;5H,1-4H3;4H,1-3H3;3H,1-2H3;4H,1-2H3;4H,1-3H3;4H,1-3H3. The predicted octanol–water partition coefficient (Wildman–Crippen LogP) is 32.4. The predicted molar refractivity (Wildman–Crippen MR) is 621 cm³/mol. The zero-order valence-electron chi connectivity index (χ0n) is 102. The van der Waals surface area contributed by atoms with E-state index < -0.39 is 28.5 Å². The molecule has 860 valence electrons. The van der Waals surface area contributed by atoms with E-state index in [1.807, 2.05) is 79.9 Å². The molecule has 9 aliphatic rings. The van der Waals surface area contributed by atoms with Crippen molar-refractivity contribution in [3.8, 4) is 88.2 Å². The number of nitriles is 1. The Balaban J connectivity index is -0.000000365. The van der Waals surface area contributed by atoms with Gasteiger partial charge in [-0.25, -0.2) is 8.42 Å². The number of hydrogen-bond donors (Lipinski definition) is 0. The van der Waals surface area contributed by atoms with Gasteiger partial charge in [-0.15, -0.1) is 42.8 Å². The van der Waals surface area contributed by atoms with Crippen molar-refractivity contribution in [3.63, 3.8) is 0 Å². The van der Waals surface area contributed by atoms with Gasteiger partial charge in [-0.05, 0) is 262 Å². The van der Waals surface area contributed by atoms with Crippen LogP contribution in [0.3, 0.4) is 0 Å². The number of carbonyl (C=O) groups is 1. The van der Waals surface area contributed by atoms with Gasteiger partial charge in [0, 0.05) is 161 Å². The first kappa shape index (κ1) is 153. The van der Waals surface area contributed by atoms with E-state index in [0.717, 1.165) is 68.6 Å². The van der Waals surface area contributed by atoms with Crippen LogP contribution in [0.1, 0.15) is 388 Å². The Morgan fingerprint density at radius 2 is 0.839 bits per heavy atom. The van der Waals surface area contributed by atoms with Gasteiger partial charge >= 0.3 is 12.5 Å². The lowest BCUT2D eigenvalue weighted by Gasteiger charge is -2.39. The monoisotopic (exact) mass is 2120 g/mol. The number of benzene rings is 2. The Labute approximate surface area is 912 Å². The number of nitrogens with zero attached hydrogens (tertiary/aromatic N) is 4. The van der Waals surface area contributed by atoms with Crippen LogP contribution in [-0.2, 0) is 47.8 Å². The quantitative estimate of drug-likeness (QED) is 0.104. The molecule has 9 fully saturated rings. The molecule has 12 rings (SSSR count). The molecule has 0 spiro atoms. The van der Waals surface area contributed by atoms with Crippen LogP contribution >= 0.6 is 0 Å².